The van der Waals surface area contributed by atoms with Gasteiger partial charge in [0, 0.05) is 24.0 Å². The van der Waals surface area contributed by atoms with Crippen LogP contribution in [0.4, 0.5) is 4.79 Å². The lowest BCUT2D eigenvalue weighted by atomic mass is 9.75. The van der Waals surface area contributed by atoms with Gasteiger partial charge in [-0.25, -0.2) is 4.79 Å². The van der Waals surface area contributed by atoms with Gasteiger partial charge in [-0.05, 0) is 91.6 Å². The Morgan fingerprint density at radius 2 is 1.80 bits per heavy atom. The fourth-order valence-electron chi connectivity index (χ4n) is 5.76. The molecular weight excluding hydrogens is 603 g/mol. The number of hydrogen-bond donors (Lipinski definition) is 3. The molecule has 0 bridgehead atoms. The number of ether oxygens (including phenoxy) is 1. The van der Waals surface area contributed by atoms with Gasteiger partial charge in [-0.3, -0.25) is 4.79 Å². The number of alkyl carbamates (subject to hydrolysis) is 1. The number of carbonyl (C=O) groups is 2. The summed E-state index contributed by atoms with van der Waals surface area (Å²) in [6.45, 7) is 14.2. The largest absolute Gasteiger partial charge is 0.481 e. The van der Waals surface area contributed by atoms with Crippen molar-refractivity contribution in [3.63, 3.8) is 0 Å². The third-order valence-corrected chi connectivity index (χ3v) is 10.3. The number of carboxylic acids is 1. The van der Waals surface area contributed by atoms with Gasteiger partial charge in [-0.2, -0.15) is 17.4 Å². The maximum atomic E-state index is 13.9. The molecule has 0 radical (unpaired) electrons. The predicted molar refractivity (Wildman–Crippen MR) is 170 cm³/mol. The van der Waals surface area contributed by atoms with E-state index in [0.29, 0.717) is 18.3 Å². The lowest BCUT2D eigenvalue weighted by molar-refractivity contribution is -0.145. The molecule has 2 aliphatic rings. The molecule has 45 heavy (non-hydrogen) atoms. The second-order valence-corrected chi connectivity index (χ2v) is 15.5. The summed E-state index contributed by atoms with van der Waals surface area (Å²) in [7, 11) is -4.86. The molecule has 0 aromatic heterocycles. The Balaban J connectivity index is 1.88. The third kappa shape index (κ3) is 8.69. The zero-order valence-electron chi connectivity index (χ0n) is 27.4. The van der Waals surface area contributed by atoms with Crippen molar-refractivity contribution in [1.29, 1.82) is 0 Å². The quantitative estimate of drug-likeness (QED) is 0.122. The van der Waals surface area contributed by atoms with Gasteiger partial charge >= 0.3 is 19.2 Å². The Labute approximate surface area is 266 Å². The molecule has 2 fully saturated rings. The van der Waals surface area contributed by atoms with E-state index in [9.17, 15) is 28.6 Å². The average Bonchev–Trinajstić information content (AvgIpc) is 3.32. The maximum Gasteiger partial charge on any atom is 0.457 e. The number of carboxylic acid groups (broad SMARTS) is 1. The molecule has 2 saturated heterocycles. The van der Waals surface area contributed by atoms with E-state index in [1.54, 1.807) is 58.0 Å². The topological polar surface area (TPSA) is 192 Å². The van der Waals surface area contributed by atoms with Crippen molar-refractivity contribution in [3.05, 3.63) is 46.3 Å². The number of azide groups is 1. The first-order valence-corrected chi connectivity index (χ1v) is 16.6. The molecule has 2 unspecified atom stereocenters. The van der Waals surface area contributed by atoms with Gasteiger partial charge in [-0.15, -0.1) is 0 Å². The predicted octanol–water partition coefficient (Wildman–Crippen LogP) is 4.28. The molecular formula is C29H47BN6O8S. The van der Waals surface area contributed by atoms with Crippen LogP contribution >= 0.6 is 0 Å². The Morgan fingerprint density at radius 1 is 1.20 bits per heavy atom. The number of hydrogen-bond acceptors (Lipinski definition) is 8. The molecule has 3 N–H and O–H groups in total. The number of nitrogens with zero attached hydrogens (tertiary/aromatic N) is 4. The van der Waals surface area contributed by atoms with E-state index in [0.717, 1.165) is 4.31 Å². The molecule has 1 amide bonds. The minimum absolute atomic E-state index is 0.00860. The fourth-order valence-corrected chi connectivity index (χ4v) is 7.43. The third-order valence-electron chi connectivity index (χ3n) is 8.61. The average molecular weight is 651 g/mol. The van der Waals surface area contributed by atoms with E-state index >= 15 is 0 Å². The number of benzene rings is 1. The lowest BCUT2D eigenvalue weighted by Crippen LogP contribution is -2.56. The summed E-state index contributed by atoms with van der Waals surface area (Å²) in [6.07, 6.45) is 0.407. The smallest absolute Gasteiger partial charge is 0.457 e. The summed E-state index contributed by atoms with van der Waals surface area (Å²) >= 11 is 0. The molecule has 2 heterocycles. The number of rotatable bonds is 13. The Kier molecular flexibility index (Phi) is 11.3. The first-order chi connectivity index (χ1) is 20.7. The van der Waals surface area contributed by atoms with Crippen LogP contribution in [0.5, 0.6) is 0 Å². The summed E-state index contributed by atoms with van der Waals surface area (Å²) in [5.41, 5.74) is 6.40. The molecule has 0 saturated carbocycles. The van der Waals surface area contributed by atoms with Gasteiger partial charge in [0.2, 0.25) is 0 Å². The Hall–Kier alpha value is -2.88. The molecule has 16 heteroatoms. The highest BCUT2D eigenvalue weighted by molar-refractivity contribution is 7.87. The number of amides is 1. The summed E-state index contributed by atoms with van der Waals surface area (Å²) < 4.78 is 48.9. The molecule has 4 atom stereocenters. The van der Waals surface area contributed by atoms with Crippen molar-refractivity contribution >= 4 is 29.4 Å². The minimum Gasteiger partial charge on any atom is -0.481 e. The fraction of sp³-hybridized carbons (Fsp3) is 0.724. The molecule has 2 aliphatic heterocycles. The van der Waals surface area contributed by atoms with Crippen molar-refractivity contribution in [3.8, 4) is 0 Å². The van der Waals surface area contributed by atoms with E-state index in [-0.39, 0.29) is 25.9 Å². The molecule has 0 aliphatic carbocycles. The first kappa shape index (κ1) is 36.6. The van der Waals surface area contributed by atoms with Crippen molar-refractivity contribution in [2.75, 3.05) is 13.1 Å². The van der Waals surface area contributed by atoms with Crippen LogP contribution in [0.25, 0.3) is 10.4 Å². The van der Waals surface area contributed by atoms with E-state index in [2.05, 4.69) is 20.1 Å². The van der Waals surface area contributed by atoms with Gasteiger partial charge in [0.1, 0.15) is 5.60 Å². The highest BCUT2D eigenvalue weighted by Gasteiger charge is 2.62. The second-order valence-electron chi connectivity index (χ2n) is 13.8. The van der Waals surface area contributed by atoms with E-state index in [4.69, 9.17) is 14.0 Å². The molecule has 14 nitrogen and oxygen atoms in total. The minimum atomic E-state index is -4.34. The molecule has 0 spiro atoms. The van der Waals surface area contributed by atoms with Crippen LogP contribution in [0, 0.1) is 5.92 Å². The zero-order valence-corrected chi connectivity index (χ0v) is 28.3. The second kappa shape index (κ2) is 13.9. The SMILES string of the molecule is CC(CNC(=O)OC(C)(C)C)NS(=O)(=O)N1C[C@@H](CCCB2OC(C)(C)C(C)(C)O2)C(N=[N+]=[N-])(C(=O)O)[C@@H]1Cc1ccccc1. The molecule has 1 aromatic rings. The zero-order chi connectivity index (χ0) is 33.8. The molecule has 250 valence electrons. The van der Waals surface area contributed by atoms with Crippen LogP contribution in [0.1, 0.15) is 73.8 Å². The van der Waals surface area contributed by atoms with Gasteiger partial charge < -0.3 is 24.5 Å². The van der Waals surface area contributed by atoms with Crippen LogP contribution in [0.2, 0.25) is 6.32 Å². The van der Waals surface area contributed by atoms with Crippen molar-refractivity contribution in [1.82, 2.24) is 14.3 Å². The number of carbonyl (C=O) groups excluding carboxylic acids is 1. The van der Waals surface area contributed by atoms with Crippen molar-refractivity contribution in [2.45, 2.75) is 115 Å². The van der Waals surface area contributed by atoms with Crippen molar-refractivity contribution in [2.24, 2.45) is 11.0 Å². The normalized spacial score (nSPS) is 25.4. The van der Waals surface area contributed by atoms with Crippen LogP contribution in [-0.2, 0) is 35.5 Å². The first-order valence-electron chi connectivity index (χ1n) is 15.2. The van der Waals surface area contributed by atoms with E-state index in [1.807, 2.05) is 27.7 Å². The van der Waals surface area contributed by atoms with Crippen LogP contribution in [0.3, 0.4) is 0 Å². The van der Waals surface area contributed by atoms with E-state index in [1.165, 1.54) is 0 Å². The summed E-state index contributed by atoms with van der Waals surface area (Å²) in [4.78, 5) is 28.1. The van der Waals surface area contributed by atoms with Crippen LogP contribution in [0.15, 0.2) is 35.4 Å². The standard InChI is InChI=1S/C29H47BN6O8S/c1-20(18-32-25(39)42-26(2,3)4)33-45(40,41)36-19-22(15-12-16-30-43-27(5,6)28(7,8)44-30)29(24(37)38,34-35-31)23(36)17-21-13-10-9-11-14-21/h9-11,13-14,20,22-23,33H,12,15-19H2,1-8H3,(H,32,39)(H,37,38)/t20?,22-,23+,29?/m1/s1. The molecule has 1 aromatic carbocycles. The van der Waals surface area contributed by atoms with Crippen LogP contribution < -0.4 is 10.0 Å². The number of aliphatic carboxylic acids is 1. The van der Waals surface area contributed by atoms with Gasteiger partial charge in [0.25, 0.3) is 10.2 Å². The van der Waals surface area contributed by atoms with Gasteiger partial charge in [0.05, 0.1) is 17.2 Å². The summed E-state index contributed by atoms with van der Waals surface area (Å²) in [5, 5.41) is 17.0. The highest BCUT2D eigenvalue weighted by Crippen LogP contribution is 2.44. The maximum absolute atomic E-state index is 13.9. The summed E-state index contributed by atoms with van der Waals surface area (Å²) in [6, 6.07) is 6.84. The Bertz CT molecular complexity index is 1350. The highest BCUT2D eigenvalue weighted by atomic mass is 32.2. The van der Waals surface area contributed by atoms with Gasteiger partial charge in [0.15, 0.2) is 5.54 Å². The Morgan fingerprint density at radius 3 is 2.33 bits per heavy atom. The monoisotopic (exact) mass is 650 g/mol. The van der Waals surface area contributed by atoms with Gasteiger partial charge in [-0.1, -0.05) is 41.9 Å². The van der Waals surface area contributed by atoms with Crippen molar-refractivity contribution < 1.29 is 37.2 Å². The van der Waals surface area contributed by atoms with Crippen LogP contribution in [-0.4, -0.2) is 84.5 Å². The number of nitrogens with one attached hydrogen (secondary N) is 2. The van der Waals surface area contributed by atoms with E-state index < -0.39 is 69.7 Å². The molecule has 3 rings (SSSR count). The summed E-state index contributed by atoms with van der Waals surface area (Å²) in [5.74, 6) is -2.26. The lowest BCUT2D eigenvalue weighted by Gasteiger charge is -2.34.